The van der Waals surface area contributed by atoms with Gasteiger partial charge >= 0.3 is 11.1 Å². The molecule has 0 saturated carbocycles. The van der Waals surface area contributed by atoms with Gasteiger partial charge in [0.1, 0.15) is 6.61 Å². The Labute approximate surface area is 130 Å². The van der Waals surface area contributed by atoms with E-state index in [2.05, 4.69) is 17.2 Å². The molecule has 22 heavy (non-hydrogen) atoms. The summed E-state index contributed by atoms with van der Waals surface area (Å²) < 4.78 is 5.01. The van der Waals surface area contributed by atoms with E-state index < -0.39 is 11.0 Å². The molecule has 6 nitrogen and oxygen atoms in total. The minimum absolute atomic E-state index is 0.0412. The van der Waals surface area contributed by atoms with Gasteiger partial charge in [0.15, 0.2) is 0 Å². The molecule has 1 aromatic carbocycles. The van der Waals surface area contributed by atoms with Crippen LogP contribution in [-0.4, -0.2) is 17.6 Å². The van der Waals surface area contributed by atoms with Crippen molar-refractivity contribution >= 4 is 22.4 Å². The molecular formula is C15H12N2O4S. The standard InChI is InChI=1S/C15H12N2O4S/c18-15(21-11-12-5-2-1-3-6-12)16-10-4-7-13-8-9-14(22-13)17(19)20/h1-3,5-6,8-9H,10-11H2,(H,16,18). The highest BCUT2D eigenvalue weighted by Gasteiger charge is 2.07. The first-order valence-corrected chi connectivity index (χ1v) is 7.14. The van der Waals surface area contributed by atoms with Crippen LogP contribution in [0.4, 0.5) is 9.80 Å². The Bertz CT molecular complexity index is 716. The van der Waals surface area contributed by atoms with Crippen molar-refractivity contribution in [1.29, 1.82) is 0 Å². The summed E-state index contributed by atoms with van der Waals surface area (Å²) in [6, 6.07) is 12.3. The van der Waals surface area contributed by atoms with Crippen LogP contribution in [0, 0.1) is 22.0 Å². The van der Waals surface area contributed by atoms with Crippen LogP contribution in [0.15, 0.2) is 42.5 Å². The summed E-state index contributed by atoms with van der Waals surface area (Å²) in [7, 11) is 0. The van der Waals surface area contributed by atoms with Crippen molar-refractivity contribution in [2.24, 2.45) is 0 Å². The molecular weight excluding hydrogens is 304 g/mol. The van der Waals surface area contributed by atoms with E-state index in [9.17, 15) is 14.9 Å². The molecule has 0 atom stereocenters. The van der Waals surface area contributed by atoms with E-state index in [1.54, 1.807) is 6.07 Å². The number of ether oxygens (including phenoxy) is 1. The zero-order valence-corrected chi connectivity index (χ0v) is 12.3. The highest BCUT2D eigenvalue weighted by molar-refractivity contribution is 7.15. The molecule has 0 radical (unpaired) electrons. The number of carbonyl (C=O) groups is 1. The topological polar surface area (TPSA) is 81.5 Å². The first-order chi connectivity index (χ1) is 10.6. The Morgan fingerprint density at radius 3 is 2.73 bits per heavy atom. The summed E-state index contributed by atoms with van der Waals surface area (Å²) in [4.78, 5) is 22.1. The Morgan fingerprint density at radius 1 is 1.27 bits per heavy atom. The minimum atomic E-state index is -0.560. The van der Waals surface area contributed by atoms with Crippen LogP contribution in [0.3, 0.4) is 0 Å². The van der Waals surface area contributed by atoms with Gasteiger partial charge < -0.3 is 10.1 Å². The van der Waals surface area contributed by atoms with E-state index in [4.69, 9.17) is 4.74 Å². The maximum absolute atomic E-state index is 11.4. The lowest BCUT2D eigenvalue weighted by atomic mass is 10.2. The molecule has 0 spiro atoms. The SMILES string of the molecule is O=C(NCC#Cc1ccc([N+](=O)[O-])s1)OCc1ccccc1. The van der Waals surface area contributed by atoms with Crippen LogP contribution >= 0.6 is 11.3 Å². The molecule has 0 fully saturated rings. The van der Waals surface area contributed by atoms with Crippen molar-refractivity contribution < 1.29 is 14.5 Å². The third-order valence-corrected chi connectivity index (χ3v) is 3.47. The van der Waals surface area contributed by atoms with Gasteiger partial charge in [-0.3, -0.25) is 10.1 Å². The average molecular weight is 316 g/mol. The van der Waals surface area contributed by atoms with Crippen molar-refractivity contribution in [3.63, 3.8) is 0 Å². The second-order valence-corrected chi connectivity index (χ2v) is 5.17. The first-order valence-electron chi connectivity index (χ1n) is 6.33. The molecule has 7 heteroatoms. The van der Waals surface area contributed by atoms with Crippen molar-refractivity contribution in [2.75, 3.05) is 6.54 Å². The number of nitro groups is 1. The Morgan fingerprint density at radius 2 is 2.05 bits per heavy atom. The summed E-state index contributed by atoms with van der Waals surface area (Å²) in [5.74, 6) is 5.45. The lowest BCUT2D eigenvalue weighted by molar-refractivity contribution is -0.380. The average Bonchev–Trinajstić information content (AvgIpc) is 3.00. The highest BCUT2D eigenvalue weighted by Crippen LogP contribution is 2.22. The monoisotopic (exact) mass is 316 g/mol. The normalized spacial score (nSPS) is 9.45. The molecule has 0 saturated heterocycles. The number of amides is 1. The predicted octanol–water partition coefficient (Wildman–Crippen LogP) is 2.93. The van der Waals surface area contributed by atoms with Crippen LogP contribution < -0.4 is 5.32 Å². The van der Waals surface area contributed by atoms with Crippen LogP contribution in [-0.2, 0) is 11.3 Å². The molecule has 0 aliphatic heterocycles. The fourth-order valence-corrected chi connectivity index (χ4v) is 2.21. The molecule has 2 aromatic rings. The van der Waals surface area contributed by atoms with E-state index in [0.717, 1.165) is 16.9 Å². The molecule has 0 unspecified atom stereocenters. The Hall–Kier alpha value is -2.85. The summed E-state index contributed by atoms with van der Waals surface area (Å²) in [6.45, 7) is 0.302. The van der Waals surface area contributed by atoms with Gasteiger partial charge in [0.05, 0.1) is 16.3 Å². The number of nitrogens with zero attached hydrogens (tertiary/aromatic N) is 1. The molecule has 1 aromatic heterocycles. The largest absolute Gasteiger partial charge is 0.445 e. The van der Waals surface area contributed by atoms with Gasteiger partial charge in [0, 0.05) is 6.07 Å². The Kier molecular flexibility index (Phi) is 5.51. The van der Waals surface area contributed by atoms with Crippen LogP contribution in [0.5, 0.6) is 0 Å². The number of benzene rings is 1. The molecule has 1 amide bonds. The fraction of sp³-hybridized carbons (Fsp3) is 0.133. The second-order valence-electron chi connectivity index (χ2n) is 4.11. The van der Waals surface area contributed by atoms with Crippen molar-refractivity contribution in [3.8, 4) is 11.8 Å². The quantitative estimate of drug-likeness (QED) is 0.534. The van der Waals surface area contributed by atoms with E-state index >= 15 is 0 Å². The fourth-order valence-electron chi connectivity index (χ4n) is 1.51. The molecule has 0 bridgehead atoms. The van der Waals surface area contributed by atoms with Crippen molar-refractivity contribution in [2.45, 2.75) is 6.61 Å². The van der Waals surface area contributed by atoms with E-state index in [0.29, 0.717) is 4.88 Å². The number of thiophene rings is 1. The van der Waals surface area contributed by atoms with Crippen LogP contribution in [0.2, 0.25) is 0 Å². The first kappa shape index (κ1) is 15.5. The van der Waals surface area contributed by atoms with Crippen molar-refractivity contribution in [3.05, 3.63) is 63.0 Å². The maximum Gasteiger partial charge on any atom is 0.408 e. The summed E-state index contributed by atoms with van der Waals surface area (Å²) in [5.41, 5.74) is 0.898. The third-order valence-electron chi connectivity index (χ3n) is 2.52. The highest BCUT2D eigenvalue weighted by atomic mass is 32.1. The number of hydrogen-bond donors (Lipinski definition) is 1. The van der Waals surface area contributed by atoms with Crippen LogP contribution in [0.25, 0.3) is 0 Å². The van der Waals surface area contributed by atoms with Gasteiger partial charge in [-0.15, -0.1) is 0 Å². The van der Waals surface area contributed by atoms with Crippen molar-refractivity contribution in [1.82, 2.24) is 5.32 Å². The predicted molar refractivity (Wildman–Crippen MR) is 82.5 cm³/mol. The minimum Gasteiger partial charge on any atom is -0.445 e. The summed E-state index contributed by atoms with van der Waals surface area (Å²) in [6.07, 6.45) is -0.560. The van der Waals surface area contributed by atoms with E-state index in [-0.39, 0.29) is 18.2 Å². The molecule has 1 N–H and O–H groups in total. The number of nitrogens with one attached hydrogen (secondary N) is 1. The number of hydrogen-bond acceptors (Lipinski definition) is 5. The Balaban J connectivity index is 1.73. The van der Waals surface area contributed by atoms with Gasteiger partial charge in [0.25, 0.3) is 0 Å². The van der Waals surface area contributed by atoms with E-state index in [1.807, 2.05) is 30.3 Å². The molecule has 112 valence electrons. The molecule has 1 heterocycles. The van der Waals surface area contributed by atoms with Gasteiger partial charge in [-0.1, -0.05) is 53.5 Å². The third kappa shape index (κ3) is 4.92. The lowest BCUT2D eigenvalue weighted by Crippen LogP contribution is -2.24. The van der Waals surface area contributed by atoms with Gasteiger partial charge in [-0.05, 0) is 11.6 Å². The molecule has 0 aliphatic rings. The van der Waals surface area contributed by atoms with E-state index in [1.165, 1.54) is 6.07 Å². The number of alkyl carbamates (subject to hydrolysis) is 1. The number of carbonyl (C=O) groups excluding carboxylic acids is 1. The second kappa shape index (κ2) is 7.81. The summed E-state index contributed by atoms with van der Waals surface area (Å²) >= 11 is 0.991. The van der Waals surface area contributed by atoms with Gasteiger partial charge in [-0.25, -0.2) is 4.79 Å². The van der Waals surface area contributed by atoms with Gasteiger partial charge in [0.2, 0.25) is 0 Å². The molecule has 2 rings (SSSR count). The summed E-state index contributed by atoms with van der Waals surface area (Å²) in [5, 5.41) is 13.0. The lowest BCUT2D eigenvalue weighted by Gasteiger charge is -2.04. The number of rotatable bonds is 4. The van der Waals surface area contributed by atoms with Gasteiger partial charge in [-0.2, -0.15) is 0 Å². The maximum atomic E-state index is 11.4. The zero-order valence-electron chi connectivity index (χ0n) is 11.4. The molecule has 0 aliphatic carbocycles. The zero-order chi connectivity index (χ0) is 15.8. The smallest absolute Gasteiger partial charge is 0.408 e. The van der Waals surface area contributed by atoms with Crippen LogP contribution in [0.1, 0.15) is 10.4 Å².